The monoisotopic (exact) mass is 364 g/mol. The molecule has 1 fully saturated rings. The molecule has 25 heavy (non-hydrogen) atoms. The average Bonchev–Trinajstić information content (AvgIpc) is 2.87. The van der Waals surface area contributed by atoms with E-state index in [9.17, 15) is 13.2 Å². The molecule has 0 atom stereocenters. The molecular weight excluding hydrogens is 340 g/mol. The molecule has 8 heteroatoms. The molecule has 0 radical (unpaired) electrons. The molecule has 1 aromatic rings. The molecule has 2 N–H and O–H groups in total. The van der Waals surface area contributed by atoms with Crippen molar-refractivity contribution in [3.8, 4) is 0 Å². The number of amides is 1. The van der Waals surface area contributed by atoms with Gasteiger partial charge in [-0.3, -0.25) is 4.79 Å². The summed E-state index contributed by atoms with van der Waals surface area (Å²) in [4.78, 5) is 16.2. The van der Waals surface area contributed by atoms with Crippen LogP contribution >= 0.6 is 0 Å². The predicted octanol–water partition coefficient (Wildman–Crippen LogP) is 0.797. The molecule has 2 heterocycles. The summed E-state index contributed by atoms with van der Waals surface area (Å²) >= 11 is 0. The molecule has 2 aliphatic rings. The SMILES string of the molecule is CN(CCCC(=O)N1CCC(N)CC1)C1=NS(=O)(=O)c2ccccc21. The van der Waals surface area contributed by atoms with Crippen LogP contribution in [0.2, 0.25) is 0 Å². The van der Waals surface area contributed by atoms with Crippen molar-refractivity contribution in [1.82, 2.24) is 9.80 Å². The van der Waals surface area contributed by atoms with E-state index in [0.29, 0.717) is 30.8 Å². The number of sulfonamides is 1. The fourth-order valence-electron chi connectivity index (χ4n) is 3.24. The van der Waals surface area contributed by atoms with Gasteiger partial charge in [-0.1, -0.05) is 12.1 Å². The van der Waals surface area contributed by atoms with E-state index in [2.05, 4.69) is 4.40 Å². The molecule has 0 spiro atoms. The minimum absolute atomic E-state index is 0.140. The first-order valence-corrected chi connectivity index (χ1v) is 10.0. The lowest BCUT2D eigenvalue weighted by Crippen LogP contribution is -2.43. The maximum absolute atomic E-state index is 12.2. The average molecular weight is 364 g/mol. The fraction of sp³-hybridized carbons (Fsp3) is 0.529. The normalized spacial score (nSPS) is 19.4. The summed E-state index contributed by atoms with van der Waals surface area (Å²) < 4.78 is 28.1. The highest BCUT2D eigenvalue weighted by atomic mass is 32.2. The van der Waals surface area contributed by atoms with Crippen LogP contribution in [0.4, 0.5) is 0 Å². The molecule has 0 bridgehead atoms. The summed E-state index contributed by atoms with van der Waals surface area (Å²) in [5.41, 5.74) is 6.49. The van der Waals surface area contributed by atoms with E-state index in [0.717, 1.165) is 25.9 Å². The summed E-state index contributed by atoms with van der Waals surface area (Å²) in [6, 6.07) is 7.03. The molecule has 1 amide bonds. The standard InChI is InChI=1S/C17H24N4O3S/c1-20(10-4-7-16(22)21-11-8-13(18)9-12-21)17-14-5-2-3-6-15(14)25(23,24)19-17/h2-3,5-6,13H,4,7-12,18H2,1H3. The first kappa shape index (κ1) is 17.9. The van der Waals surface area contributed by atoms with Crippen molar-refractivity contribution in [3.63, 3.8) is 0 Å². The molecule has 0 unspecified atom stereocenters. The Morgan fingerprint density at radius 2 is 2.00 bits per heavy atom. The molecule has 0 saturated carbocycles. The van der Waals surface area contributed by atoms with Crippen LogP contribution in [0.1, 0.15) is 31.2 Å². The number of piperidine rings is 1. The zero-order valence-corrected chi connectivity index (χ0v) is 15.2. The van der Waals surface area contributed by atoms with Gasteiger partial charge in [-0.25, -0.2) is 0 Å². The number of nitrogens with zero attached hydrogens (tertiary/aromatic N) is 3. The number of carbonyl (C=O) groups is 1. The van der Waals surface area contributed by atoms with Crippen LogP contribution in [0.3, 0.4) is 0 Å². The van der Waals surface area contributed by atoms with Gasteiger partial charge in [-0.2, -0.15) is 8.42 Å². The van der Waals surface area contributed by atoms with Gasteiger partial charge < -0.3 is 15.5 Å². The third kappa shape index (κ3) is 3.85. The van der Waals surface area contributed by atoms with Gasteiger partial charge in [0.25, 0.3) is 10.0 Å². The highest BCUT2D eigenvalue weighted by molar-refractivity contribution is 7.90. The van der Waals surface area contributed by atoms with Gasteiger partial charge in [0.2, 0.25) is 5.91 Å². The van der Waals surface area contributed by atoms with Crippen molar-refractivity contribution in [1.29, 1.82) is 0 Å². The smallest absolute Gasteiger partial charge is 0.285 e. The Labute approximate surface area is 148 Å². The molecule has 2 aliphatic heterocycles. The van der Waals surface area contributed by atoms with Gasteiger partial charge in [0.15, 0.2) is 0 Å². The van der Waals surface area contributed by atoms with Crippen LogP contribution in [0, 0.1) is 0 Å². The maximum atomic E-state index is 12.2. The molecule has 0 aromatic heterocycles. The van der Waals surface area contributed by atoms with Crippen molar-refractivity contribution >= 4 is 21.8 Å². The van der Waals surface area contributed by atoms with Crippen molar-refractivity contribution in [2.45, 2.75) is 36.6 Å². The lowest BCUT2D eigenvalue weighted by atomic mass is 10.1. The highest BCUT2D eigenvalue weighted by Gasteiger charge is 2.30. The Morgan fingerprint density at radius 1 is 1.32 bits per heavy atom. The Hall–Kier alpha value is -1.93. The summed E-state index contributed by atoms with van der Waals surface area (Å²) in [7, 11) is -1.80. The first-order chi connectivity index (χ1) is 11.9. The summed E-state index contributed by atoms with van der Waals surface area (Å²) in [6.45, 7) is 2.03. The van der Waals surface area contributed by atoms with E-state index in [4.69, 9.17) is 5.73 Å². The van der Waals surface area contributed by atoms with E-state index >= 15 is 0 Å². The van der Waals surface area contributed by atoms with Gasteiger partial charge in [0.05, 0.1) is 0 Å². The lowest BCUT2D eigenvalue weighted by molar-refractivity contribution is -0.132. The number of carbonyl (C=O) groups excluding carboxylic acids is 1. The minimum Gasteiger partial charge on any atom is -0.358 e. The van der Waals surface area contributed by atoms with E-state index in [-0.39, 0.29) is 16.8 Å². The van der Waals surface area contributed by atoms with Gasteiger partial charge in [-0.15, -0.1) is 4.40 Å². The molecule has 136 valence electrons. The minimum atomic E-state index is -3.60. The number of amidine groups is 1. The third-order valence-electron chi connectivity index (χ3n) is 4.75. The summed E-state index contributed by atoms with van der Waals surface area (Å²) in [5, 5.41) is 0. The Bertz CT molecular complexity index is 783. The Morgan fingerprint density at radius 3 is 2.72 bits per heavy atom. The van der Waals surface area contributed by atoms with E-state index in [1.165, 1.54) is 0 Å². The van der Waals surface area contributed by atoms with Gasteiger partial charge in [0.1, 0.15) is 10.7 Å². The van der Waals surface area contributed by atoms with Crippen molar-refractivity contribution < 1.29 is 13.2 Å². The van der Waals surface area contributed by atoms with Crippen LogP contribution in [0.15, 0.2) is 33.6 Å². The number of hydrogen-bond donors (Lipinski definition) is 1. The number of hydrogen-bond acceptors (Lipinski definition) is 5. The Balaban J connectivity index is 1.55. The van der Waals surface area contributed by atoms with Crippen LogP contribution in [0.25, 0.3) is 0 Å². The first-order valence-electron chi connectivity index (χ1n) is 8.57. The van der Waals surface area contributed by atoms with E-state index < -0.39 is 10.0 Å². The quantitative estimate of drug-likeness (QED) is 0.852. The topological polar surface area (TPSA) is 96.1 Å². The second-order valence-corrected chi connectivity index (χ2v) is 8.20. The molecular formula is C17H24N4O3S. The number of benzene rings is 1. The second kappa shape index (κ2) is 7.13. The molecule has 0 aliphatic carbocycles. The van der Waals surface area contributed by atoms with Gasteiger partial charge in [-0.05, 0) is 31.4 Å². The van der Waals surface area contributed by atoms with Crippen molar-refractivity contribution in [2.24, 2.45) is 10.1 Å². The largest absolute Gasteiger partial charge is 0.358 e. The third-order valence-corrected chi connectivity index (χ3v) is 6.08. The van der Waals surface area contributed by atoms with Crippen LogP contribution < -0.4 is 5.73 Å². The number of rotatable bonds is 4. The Kier molecular flexibility index (Phi) is 5.10. The molecule has 1 saturated heterocycles. The van der Waals surface area contributed by atoms with Crippen molar-refractivity contribution in [3.05, 3.63) is 29.8 Å². The van der Waals surface area contributed by atoms with Crippen LogP contribution in [0.5, 0.6) is 0 Å². The zero-order chi connectivity index (χ0) is 18.0. The van der Waals surface area contributed by atoms with E-state index in [1.807, 2.05) is 9.80 Å². The highest BCUT2D eigenvalue weighted by Crippen LogP contribution is 2.27. The van der Waals surface area contributed by atoms with Crippen LogP contribution in [-0.4, -0.2) is 62.7 Å². The lowest BCUT2D eigenvalue weighted by Gasteiger charge is -2.30. The van der Waals surface area contributed by atoms with Gasteiger partial charge in [0, 0.05) is 44.7 Å². The molecule has 1 aromatic carbocycles. The van der Waals surface area contributed by atoms with Crippen LogP contribution in [-0.2, 0) is 14.8 Å². The molecule has 7 nitrogen and oxygen atoms in total. The number of nitrogens with two attached hydrogens (primary N) is 1. The van der Waals surface area contributed by atoms with Gasteiger partial charge >= 0.3 is 0 Å². The zero-order valence-electron chi connectivity index (χ0n) is 14.4. The number of likely N-dealkylation sites (tertiary alicyclic amines) is 1. The fourth-order valence-corrected chi connectivity index (χ4v) is 4.50. The summed E-state index contributed by atoms with van der Waals surface area (Å²) in [6.07, 6.45) is 2.81. The summed E-state index contributed by atoms with van der Waals surface area (Å²) in [5.74, 6) is 0.591. The maximum Gasteiger partial charge on any atom is 0.285 e. The second-order valence-electron chi connectivity index (χ2n) is 6.63. The van der Waals surface area contributed by atoms with E-state index in [1.54, 1.807) is 31.3 Å². The number of fused-ring (bicyclic) bond motifs is 1. The molecule has 3 rings (SSSR count). The van der Waals surface area contributed by atoms with Crippen molar-refractivity contribution in [2.75, 3.05) is 26.7 Å². The predicted molar refractivity (Wildman–Crippen MR) is 95.8 cm³/mol.